The topological polar surface area (TPSA) is 101 Å². The molecule has 1 rings (SSSR count). The maximum absolute atomic E-state index is 11.8. The molecule has 1 aromatic heterocycles. The third-order valence-corrected chi connectivity index (χ3v) is 3.55. The number of carboxylic acids is 1. The first-order valence-electron chi connectivity index (χ1n) is 4.63. The number of hydrogen-bond acceptors (Lipinski definition) is 4. The summed E-state index contributed by atoms with van der Waals surface area (Å²) >= 11 is 0. The summed E-state index contributed by atoms with van der Waals surface area (Å²) in [6.45, 7) is 3.46. The lowest BCUT2D eigenvalue weighted by Crippen LogP contribution is -2.39. The van der Waals surface area contributed by atoms with Crippen LogP contribution in [0.25, 0.3) is 0 Å². The molecule has 90 valence electrons. The van der Waals surface area contributed by atoms with Crippen LogP contribution in [0.1, 0.15) is 13.8 Å². The zero-order valence-corrected chi connectivity index (χ0v) is 9.73. The molecule has 0 amide bonds. The van der Waals surface area contributed by atoms with Crippen LogP contribution in [0, 0.1) is 0 Å². The fourth-order valence-electron chi connectivity index (χ4n) is 1.11. The molecule has 1 heterocycles. The molecule has 0 spiro atoms. The molecule has 16 heavy (non-hydrogen) atoms. The van der Waals surface area contributed by atoms with Crippen molar-refractivity contribution in [2.24, 2.45) is 0 Å². The Bertz CT molecular complexity index is 479. The maximum atomic E-state index is 11.8. The Hall–Kier alpha value is -1.41. The summed E-state index contributed by atoms with van der Waals surface area (Å²) in [5.41, 5.74) is 0. The number of aromatic nitrogens is 2. The minimum atomic E-state index is -3.83. The Morgan fingerprint density at radius 2 is 2.31 bits per heavy atom. The van der Waals surface area contributed by atoms with E-state index in [2.05, 4.69) is 4.98 Å². The van der Waals surface area contributed by atoms with Gasteiger partial charge in [0.15, 0.2) is 5.03 Å². The summed E-state index contributed by atoms with van der Waals surface area (Å²) in [7, 11) is -3.83. The van der Waals surface area contributed by atoms with Crippen LogP contribution < -0.4 is 4.72 Å². The van der Waals surface area contributed by atoms with Crippen molar-refractivity contribution in [2.45, 2.75) is 31.5 Å². The predicted molar refractivity (Wildman–Crippen MR) is 55.3 cm³/mol. The highest BCUT2D eigenvalue weighted by atomic mass is 32.2. The van der Waals surface area contributed by atoms with E-state index in [0.717, 1.165) is 0 Å². The summed E-state index contributed by atoms with van der Waals surface area (Å²) in [5, 5.41) is 8.58. The van der Waals surface area contributed by atoms with Crippen LogP contribution in [-0.4, -0.2) is 35.1 Å². The first kappa shape index (κ1) is 12.7. The van der Waals surface area contributed by atoms with Gasteiger partial charge in [-0.1, -0.05) is 0 Å². The number of carboxylic acid groups (broad SMARTS) is 1. The van der Waals surface area contributed by atoms with Crippen molar-refractivity contribution >= 4 is 16.0 Å². The summed E-state index contributed by atoms with van der Waals surface area (Å²) in [5.74, 6) is -1.23. The summed E-state index contributed by atoms with van der Waals surface area (Å²) in [6, 6.07) is -1.18. The van der Waals surface area contributed by atoms with E-state index in [-0.39, 0.29) is 5.03 Å². The number of aryl methyl sites for hydroxylation is 1. The number of sulfonamides is 1. The van der Waals surface area contributed by atoms with E-state index in [9.17, 15) is 13.2 Å². The monoisotopic (exact) mass is 247 g/mol. The van der Waals surface area contributed by atoms with Gasteiger partial charge < -0.3 is 9.67 Å². The molecular weight excluding hydrogens is 234 g/mol. The summed E-state index contributed by atoms with van der Waals surface area (Å²) in [6.07, 6.45) is 2.56. The fourth-order valence-corrected chi connectivity index (χ4v) is 2.48. The van der Waals surface area contributed by atoms with Crippen LogP contribution in [0.3, 0.4) is 0 Å². The average molecular weight is 247 g/mol. The summed E-state index contributed by atoms with van der Waals surface area (Å²) < 4.78 is 27.0. The number of aliphatic carboxylic acids is 1. The second-order valence-corrected chi connectivity index (χ2v) is 4.86. The van der Waals surface area contributed by atoms with E-state index in [4.69, 9.17) is 5.11 Å². The van der Waals surface area contributed by atoms with Gasteiger partial charge >= 0.3 is 5.97 Å². The zero-order valence-electron chi connectivity index (χ0n) is 8.91. The number of nitrogens with one attached hydrogen (secondary N) is 1. The van der Waals surface area contributed by atoms with Crippen LogP contribution in [0.4, 0.5) is 0 Å². The first-order valence-corrected chi connectivity index (χ1v) is 6.12. The summed E-state index contributed by atoms with van der Waals surface area (Å²) in [4.78, 5) is 14.3. The van der Waals surface area contributed by atoms with Crippen molar-refractivity contribution in [1.82, 2.24) is 14.3 Å². The maximum Gasteiger partial charge on any atom is 0.321 e. The molecule has 0 radical (unpaired) electrons. The van der Waals surface area contributed by atoms with Crippen molar-refractivity contribution in [3.63, 3.8) is 0 Å². The SMILES string of the molecule is CCn1cncc1S(=O)(=O)N[C@@H](C)C(=O)O. The minimum Gasteiger partial charge on any atom is -0.480 e. The Labute approximate surface area is 93.2 Å². The van der Waals surface area contributed by atoms with Crippen molar-refractivity contribution in [1.29, 1.82) is 0 Å². The van der Waals surface area contributed by atoms with Crippen LogP contribution in [0.2, 0.25) is 0 Å². The Morgan fingerprint density at radius 3 is 2.81 bits per heavy atom. The lowest BCUT2D eigenvalue weighted by atomic mass is 10.4. The lowest BCUT2D eigenvalue weighted by molar-refractivity contribution is -0.138. The van der Waals surface area contributed by atoms with Gasteiger partial charge in [0, 0.05) is 6.54 Å². The minimum absolute atomic E-state index is 0.0388. The molecule has 0 saturated carbocycles. The van der Waals surface area contributed by atoms with E-state index < -0.39 is 22.0 Å². The highest BCUT2D eigenvalue weighted by Crippen LogP contribution is 2.08. The largest absolute Gasteiger partial charge is 0.480 e. The third-order valence-electron chi connectivity index (χ3n) is 1.99. The van der Waals surface area contributed by atoms with E-state index >= 15 is 0 Å². The molecule has 0 aliphatic rings. The predicted octanol–water partition coefficient (Wildman–Crippen LogP) is -0.346. The van der Waals surface area contributed by atoms with Gasteiger partial charge in [0.2, 0.25) is 0 Å². The molecule has 0 aromatic carbocycles. The number of rotatable bonds is 5. The fraction of sp³-hybridized carbons (Fsp3) is 0.500. The molecule has 0 saturated heterocycles. The Balaban J connectivity index is 2.99. The van der Waals surface area contributed by atoms with Crippen molar-refractivity contribution in [2.75, 3.05) is 0 Å². The third kappa shape index (κ3) is 2.58. The van der Waals surface area contributed by atoms with Crippen LogP contribution >= 0.6 is 0 Å². The molecule has 1 aromatic rings. The van der Waals surface area contributed by atoms with Crippen molar-refractivity contribution < 1.29 is 18.3 Å². The number of imidazole rings is 1. The number of nitrogens with zero attached hydrogens (tertiary/aromatic N) is 2. The second-order valence-electron chi connectivity index (χ2n) is 3.20. The van der Waals surface area contributed by atoms with Gasteiger partial charge in [-0.25, -0.2) is 13.4 Å². The molecule has 0 aliphatic carbocycles. The molecule has 7 nitrogen and oxygen atoms in total. The van der Waals surface area contributed by atoms with E-state index in [1.165, 1.54) is 24.0 Å². The molecule has 0 unspecified atom stereocenters. The highest BCUT2D eigenvalue weighted by Gasteiger charge is 2.24. The number of carbonyl (C=O) groups is 1. The van der Waals surface area contributed by atoms with E-state index in [0.29, 0.717) is 6.54 Å². The standard InChI is InChI=1S/C8H13N3O4S/c1-3-11-5-9-4-7(11)16(14,15)10-6(2)8(12)13/h4-6,10H,3H2,1-2H3,(H,12,13)/t6-/m0/s1. The van der Waals surface area contributed by atoms with E-state index in [1.807, 2.05) is 4.72 Å². The molecule has 2 N–H and O–H groups in total. The van der Waals surface area contributed by atoms with Gasteiger partial charge in [-0.3, -0.25) is 4.79 Å². The van der Waals surface area contributed by atoms with Crippen LogP contribution in [-0.2, 0) is 21.4 Å². The van der Waals surface area contributed by atoms with Gasteiger partial charge in [0.25, 0.3) is 10.0 Å². The number of hydrogen-bond donors (Lipinski definition) is 2. The van der Waals surface area contributed by atoms with Gasteiger partial charge in [0.1, 0.15) is 6.04 Å². The molecule has 0 fully saturated rings. The van der Waals surface area contributed by atoms with Crippen LogP contribution in [0.15, 0.2) is 17.6 Å². The van der Waals surface area contributed by atoms with Crippen LogP contribution in [0.5, 0.6) is 0 Å². The van der Waals surface area contributed by atoms with Gasteiger partial charge in [-0.05, 0) is 13.8 Å². The lowest BCUT2D eigenvalue weighted by Gasteiger charge is -2.10. The van der Waals surface area contributed by atoms with Gasteiger partial charge in [-0.15, -0.1) is 0 Å². The molecule has 1 atom stereocenters. The molecule has 0 bridgehead atoms. The molecule has 8 heteroatoms. The normalized spacial score (nSPS) is 13.6. The highest BCUT2D eigenvalue weighted by molar-refractivity contribution is 7.89. The second kappa shape index (κ2) is 4.62. The van der Waals surface area contributed by atoms with Crippen molar-refractivity contribution in [3.8, 4) is 0 Å². The quantitative estimate of drug-likeness (QED) is 0.740. The molecule has 0 aliphatic heterocycles. The molecular formula is C8H13N3O4S. The van der Waals surface area contributed by atoms with Gasteiger partial charge in [-0.2, -0.15) is 4.72 Å². The smallest absolute Gasteiger partial charge is 0.321 e. The van der Waals surface area contributed by atoms with Crippen molar-refractivity contribution in [3.05, 3.63) is 12.5 Å². The zero-order chi connectivity index (χ0) is 12.3. The Kier molecular flexibility index (Phi) is 3.66. The van der Waals surface area contributed by atoms with Gasteiger partial charge in [0.05, 0.1) is 12.5 Å². The first-order chi connectivity index (χ1) is 7.38. The van der Waals surface area contributed by atoms with E-state index in [1.54, 1.807) is 6.92 Å². The average Bonchev–Trinajstić information content (AvgIpc) is 2.64. The Morgan fingerprint density at radius 1 is 1.69 bits per heavy atom.